The SMILES string of the molecule is CCCCCO[PH](=O)O.[KH]. The summed E-state index contributed by atoms with van der Waals surface area (Å²) in [6.07, 6.45) is 3.05. The molecule has 0 aliphatic rings. The zero-order valence-electron chi connectivity index (χ0n) is 5.59. The van der Waals surface area contributed by atoms with Crippen molar-refractivity contribution in [2.24, 2.45) is 0 Å². The summed E-state index contributed by atoms with van der Waals surface area (Å²) in [6, 6.07) is 0. The molecule has 0 saturated heterocycles. The first-order chi connectivity index (χ1) is 4.27. The average Bonchev–Trinajstić information content (AvgIpc) is 1.80. The molecule has 1 unspecified atom stereocenters. The van der Waals surface area contributed by atoms with Crippen LogP contribution in [0.15, 0.2) is 0 Å². The van der Waals surface area contributed by atoms with Crippen molar-refractivity contribution in [2.45, 2.75) is 26.2 Å². The van der Waals surface area contributed by atoms with Gasteiger partial charge in [-0.15, -0.1) is 0 Å². The van der Waals surface area contributed by atoms with Gasteiger partial charge in [0.15, 0.2) is 0 Å². The van der Waals surface area contributed by atoms with E-state index in [1.807, 2.05) is 0 Å². The van der Waals surface area contributed by atoms with Crippen molar-refractivity contribution in [3.8, 4) is 0 Å². The van der Waals surface area contributed by atoms with Gasteiger partial charge >= 0.3 is 59.6 Å². The molecule has 0 rings (SSSR count). The second-order valence-corrected chi connectivity index (χ2v) is 2.64. The minimum absolute atomic E-state index is 0. The summed E-state index contributed by atoms with van der Waals surface area (Å²) < 4.78 is 14.4. The summed E-state index contributed by atoms with van der Waals surface area (Å²) in [4.78, 5) is 8.18. The van der Waals surface area contributed by atoms with Crippen LogP contribution in [-0.2, 0) is 9.09 Å². The van der Waals surface area contributed by atoms with Gasteiger partial charge in [-0.25, -0.2) is 0 Å². The van der Waals surface area contributed by atoms with Gasteiger partial charge < -0.3 is 9.42 Å². The van der Waals surface area contributed by atoms with Crippen LogP contribution in [0.25, 0.3) is 0 Å². The van der Waals surface area contributed by atoms with E-state index in [0.717, 1.165) is 19.3 Å². The number of hydrogen-bond donors (Lipinski definition) is 1. The first kappa shape index (κ1) is 14.3. The average molecular weight is 192 g/mol. The predicted octanol–water partition coefficient (Wildman–Crippen LogP) is 0.927. The Kier molecular flexibility index (Phi) is 15.4. The summed E-state index contributed by atoms with van der Waals surface area (Å²) in [5.74, 6) is 0. The molecule has 0 radical (unpaired) electrons. The molecule has 0 saturated carbocycles. The van der Waals surface area contributed by atoms with E-state index >= 15 is 0 Å². The predicted molar refractivity (Wildman–Crippen MR) is 43.8 cm³/mol. The first-order valence-corrected chi connectivity index (χ1v) is 4.39. The van der Waals surface area contributed by atoms with Crippen LogP contribution in [0.5, 0.6) is 0 Å². The van der Waals surface area contributed by atoms with E-state index < -0.39 is 8.25 Å². The Balaban J connectivity index is 0. The molecule has 1 N–H and O–H groups in total. The van der Waals surface area contributed by atoms with Crippen molar-refractivity contribution < 1.29 is 14.0 Å². The van der Waals surface area contributed by atoms with E-state index in [1.54, 1.807) is 0 Å². The zero-order valence-corrected chi connectivity index (χ0v) is 6.59. The van der Waals surface area contributed by atoms with Gasteiger partial charge in [-0.2, -0.15) is 0 Å². The van der Waals surface area contributed by atoms with Crippen LogP contribution < -0.4 is 0 Å². The van der Waals surface area contributed by atoms with Crippen molar-refractivity contribution in [3.63, 3.8) is 0 Å². The Morgan fingerprint density at radius 3 is 2.50 bits per heavy atom. The minimum atomic E-state index is -2.67. The van der Waals surface area contributed by atoms with Gasteiger partial charge in [0.25, 0.3) is 0 Å². The first-order valence-electron chi connectivity index (χ1n) is 3.13. The molecular weight excluding hydrogens is 178 g/mol. The molecule has 0 aromatic heterocycles. The van der Waals surface area contributed by atoms with Crippen molar-refractivity contribution in [3.05, 3.63) is 0 Å². The number of hydrogen-bond acceptors (Lipinski definition) is 2. The Hall–Kier alpha value is 1.79. The second-order valence-electron chi connectivity index (χ2n) is 1.82. The van der Waals surface area contributed by atoms with Crippen LogP contribution in [0.2, 0.25) is 0 Å². The van der Waals surface area contributed by atoms with E-state index in [2.05, 4.69) is 11.4 Å². The Morgan fingerprint density at radius 2 is 2.10 bits per heavy atom. The summed E-state index contributed by atoms with van der Waals surface area (Å²) in [5.41, 5.74) is 0. The molecule has 0 aromatic rings. The van der Waals surface area contributed by atoms with Crippen LogP contribution in [-0.4, -0.2) is 62.9 Å². The van der Waals surface area contributed by atoms with Crippen LogP contribution in [0, 0.1) is 0 Å². The summed E-state index contributed by atoms with van der Waals surface area (Å²) >= 11 is 0. The fraction of sp³-hybridized carbons (Fsp3) is 1.00. The molecule has 0 fully saturated rings. The second kappa shape index (κ2) is 10.8. The molecule has 1 atom stereocenters. The molecular formula is C5H14KO3P. The fourth-order valence-electron chi connectivity index (χ4n) is 0.512. The van der Waals surface area contributed by atoms with E-state index in [9.17, 15) is 4.57 Å². The van der Waals surface area contributed by atoms with Crippen LogP contribution >= 0.6 is 8.25 Å². The van der Waals surface area contributed by atoms with Gasteiger partial charge in [-0.05, 0) is 6.42 Å². The van der Waals surface area contributed by atoms with Crippen LogP contribution in [0.3, 0.4) is 0 Å². The molecule has 0 bridgehead atoms. The van der Waals surface area contributed by atoms with Crippen molar-refractivity contribution in [1.29, 1.82) is 0 Å². The van der Waals surface area contributed by atoms with Crippen molar-refractivity contribution >= 4 is 59.6 Å². The molecule has 5 heteroatoms. The zero-order chi connectivity index (χ0) is 7.11. The van der Waals surface area contributed by atoms with Crippen molar-refractivity contribution in [2.75, 3.05) is 6.61 Å². The molecule has 10 heavy (non-hydrogen) atoms. The topological polar surface area (TPSA) is 46.5 Å². The third-order valence-corrected chi connectivity index (χ3v) is 1.42. The van der Waals surface area contributed by atoms with Crippen LogP contribution in [0.1, 0.15) is 26.2 Å². The van der Waals surface area contributed by atoms with E-state index in [1.165, 1.54) is 0 Å². The Bertz CT molecular complexity index is 89.0. The van der Waals surface area contributed by atoms with Crippen molar-refractivity contribution in [1.82, 2.24) is 0 Å². The van der Waals surface area contributed by atoms with Gasteiger partial charge in [0.1, 0.15) is 0 Å². The monoisotopic (exact) mass is 192 g/mol. The quantitative estimate of drug-likeness (QED) is 0.400. The molecule has 58 valence electrons. The Morgan fingerprint density at radius 1 is 1.50 bits per heavy atom. The van der Waals surface area contributed by atoms with Gasteiger partial charge in [0.05, 0.1) is 6.61 Å². The molecule has 3 nitrogen and oxygen atoms in total. The van der Waals surface area contributed by atoms with E-state index in [-0.39, 0.29) is 51.4 Å². The van der Waals surface area contributed by atoms with Gasteiger partial charge in [0, 0.05) is 0 Å². The Labute approximate surface area is 105 Å². The van der Waals surface area contributed by atoms with E-state index in [4.69, 9.17) is 4.89 Å². The maximum absolute atomic E-state index is 9.93. The molecule has 0 aromatic carbocycles. The van der Waals surface area contributed by atoms with E-state index in [0.29, 0.717) is 6.61 Å². The molecule has 0 spiro atoms. The molecule has 0 amide bonds. The molecule has 0 aliphatic heterocycles. The number of rotatable bonds is 5. The third kappa shape index (κ3) is 12.5. The normalized spacial score (nSPS) is 12.2. The number of unbranched alkanes of at least 4 members (excludes halogenated alkanes) is 2. The van der Waals surface area contributed by atoms with Gasteiger partial charge in [-0.3, -0.25) is 4.57 Å². The maximum atomic E-state index is 9.93. The summed E-state index contributed by atoms with van der Waals surface area (Å²) in [5, 5.41) is 0. The van der Waals surface area contributed by atoms with Gasteiger partial charge in [0.2, 0.25) is 0 Å². The fourth-order valence-corrected chi connectivity index (χ4v) is 0.830. The molecule has 0 aliphatic carbocycles. The summed E-state index contributed by atoms with van der Waals surface area (Å²) in [7, 11) is -2.67. The van der Waals surface area contributed by atoms with Crippen LogP contribution in [0.4, 0.5) is 0 Å². The third-order valence-electron chi connectivity index (χ3n) is 0.973. The standard InChI is InChI=1S/C5H13O3P.K.H/c1-2-3-4-5-8-9(6)7;;/h9H,2-5H2,1H3,(H,6,7);;. The molecule has 0 heterocycles. The summed E-state index contributed by atoms with van der Waals surface area (Å²) in [6.45, 7) is 2.49. The van der Waals surface area contributed by atoms with Gasteiger partial charge in [-0.1, -0.05) is 19.8 Å².